The van der Waals surface area contributed by atoms with Crippen LogP contribution in [-0.4, -0.2) is 11.9 Å². The minimum atomic E-state index is 0.0317. The SMILES string of the molecule is CCCC(C)C1CC(=O)c2ccc(Br)cc2O1. The summed E-state index contributed by atoms with van der Waals surface area (Å²) in [6, 6.07) is 5.61. The van der Waals surface area contributed by atoms with E-state index in [2.05, 4.69) is 29.8 Å². The van der Waals surface area contributed by atoms with E-state index in [1.807, 2.05) is 18.2 Å². The van der Waals surface area contributed by atoms with Crippen molar-refractivity contribution in [2.24, 2.45) is 5.92 Å². The molecule has 0 radical (unpaired) electrons. The first-order valence-corrected chi connectivity index (χ1v) is 6.90. The maximum atomic E-state index is 12.0. The van der Waals surface area contributed by atoms with Crippen LogP contribution in [0, 0.1) is 5.92 Å². The molecule has 0 amide bonds. The van der Waals surface area contributed by atoms with Crippen molar-refractivity contribution < 1.29 is 9.53 Å². The molecule has 17 heavy (non-hydrogen) atoms. The van der Waals surface area contributed by atoms with E-state index in [-0.39, 0.29) is 11.9 Å². The summed E-state index contributed by atoms with van der Waals surface area (Å²) in [7, 11) is 0. The van der Waals surface area contributed by atoms with Crippen molar-refractivity contribution in [3.63, 3.8) is 0 Å². The molecule has 2 rings (SSSR count). The fraction of sp³-hybridized carbons (Fsp3) is 0.500. The van der Waals surface area contributed by atoms with Crippen LogP contribution in [0.2, 0.25) is 0 Å². The molecule has 2 unspecified atom stereocenters. The highest BCUT2D eigenvalue weighted by atomic mass is 79.9. The maximum Gasteiger partial charge on any atom is 0.170 e. The van der Waals surface area contributed by atoms with Gasteiger partial charge < -0.3 is 4.74 Å². The second kappa shape index (κ2) is 5.21. The summed E-state index contributed by atoms with van der Waals surface area (Å²) in [5.41, 5.74) is 0.716. The molecule has 2 nitrogen and oxygen atoms in total. The number of hydrogen-bond donors (Lipinski definition) is 0. The Bertz CT molecular complexity index is 428. The van der Waals surface area contributed by atoms with Crippen LogP contribution in [0.1, 0.15) is 43.5 Å². The molecular formula is C14H17BrO2. The lowest BCUT2D eigenvalue weighted by atomic mass is 9.91. The van der Waals surface area contributed by atoms with E-state index in [4.69, 9.17) is 4.74 Å². The van der Waals surface area contributed by atoms with Gasteiger partial charge in [-0.05, 0) is 30.5 Å². The van der Waals surface area contributed by atoms with Gasteiger partial charge in [-0.2, -0.15) is 0 Å². The predicted molar refractivity (Wildman–Crippen MR) is 71.6 cm³/mol. The summed E-state index contributed by atoms with van der Waals surface area (Å²) < 4.78 is 6.90. The first-order valence-electron chi connectivity index (χ1n) is 6.11. The topological polar surface area (TPSA) is 26.3 Å². The second-order valence-corrected chi connectivity index (χ2v) is 5.61. The number of hydrogen-bond acceptors (Lipinski definition) is 2. The zero-order valence-electron chi connectivity index (χ0n) is 10.2. The number of ketones is 1. The fourth-order valence-corrected chi connectivity index (χ4v) is 2.62. The second-order valence-electron chi connectivity index (χ2n) is 4.69. The van der Waals surface area contributed by atoms with E-state index in [9.17, 15) is 4.79 Å². The monoisotopic (exact) mass is 296 g/mol. The Kier molecular flexibility index (Phi) is 3.87. The van der Waals surface area contributed by atoms with Crippen molar-refractivity contribution >= 4 is 21.7 Å². The summed E-state index contributed by atoms with van der Waals surface area (Å²) in [6.07, 6.45) is 2.77. The number of Topliss-reactive ketones (excluding diaryl/α,β-unsaturated/α-hetero) is 1. The summed E-state index contributed by atoms with van der Waals surface area (Å²) in [4.78, 5) is 12.0. The van der Waals surface area contributed by atoms with Crippen LogP contribution >= 0.6 is 15.9 Å². The molecule has 0 fully saturated rings. The van der Waals surface area contributed by atoms with Gasteiger partial charge in [0.25, 0.3) is 0 Å². The Hall–Kier alpha value is -0.830. The number of rotatable bonds is 3. The van der Waals surface area contributed by atoms with Gasteiger partial charge >= 0.3 is 0 Å². The van der Waals surface area contributed by atoms with Crippen LogP contribution in [0.15, 0.2) is 22.7 Å². The van der Waals surface area contributed by atoms with Crippen molar-refractivity contribution in [3.8, 4) is 5.75 Å². The van der Waals surface area contributed by atoms with E-state index in [1.165, 1.54) is 0 Å². The van der Waals surface area contributed by atoms with Gasteiger partial charge in [-0.3, -0.25) is 4.79 Å². The van der Waals surface area contributed by atoms with Gasteiger partial charge in [-0.1, -0.05) is 36.2 Å². The largest absolute Gasteiger partial charge is 0.489 e. The van der Waals surface area contributed by atoms with E-state index < -0.39 is 0 Å². The lowest BCUT2D eigenvalue weighted by Gasteiger charge is -2.29. The Balaban J connectivity index is 2.22. The van der Waals surface area contributed by atoms with Crippen molar-refractivity contribution in [1.82, 2.24) is 0 Å². The number of halogens is 1. The van der Waals surface area contributed by atoms with Crippen LogP contribution in [-0.2, 0) is 0 Å². The number of ether oxygens (including phenoxy) is 1. The molecule has 0 saturated heterocycles. The standard InChI is InChI=1S/C14H17BrO2/c1-3-4-9(2)13-8-12(16)11-6-5-10(15)7-14(11)17-13/h5-7,9,13H,3-4,8H2,1-2H3. The molecule has 0 aromatic heterocycles. The third-order valence-electron chi connectivity index (χ3n) is 3.29. The van der Waals surface area contributed by atoms with E-state index >= 15 is 0 Å². The molecular weight excluding hydrogens is 280 g/mol. The van der Waals surface area contributed by atoms with Gasteiger partial charge in [0, 0.05) is 10.9 Å². The summed E-state index contributed by atoms with van der Waals surface area (Å²) in [5, 5.41) is 0. The molecule has 1 aromatic rings. The third kappa shape index (κ3) is 2.71. The first-order chi connectivity index (χ1) is 8.11. The number of benzene rings is 1. The van der Waals surface area contributed by atoms with Crippen LogP contribution in [0.5, 0.6) is 5.75 Å². The highest BCUT2D eigenvalue weighted by Crippen LogP contribution is 2.33. The molecule has 0 spiro atoms. The minimum Gasteiger partial charge on any atom is -0.489 e. The van der Waals surface area contributed by atoms with Gasteiger partial charge in [-0.25, -0.2) is 0 Å². The van der Waals surface area contributed by atoms with Crippen molar-refractivity contribution in [2.45, 2.75) is 39.2 Å². The molecule has 0 saturated carbocycles. The average molecular weight is 297 g/mol. The summed E-state index contributed by atoms with van der Waals surface area (Å²) in [5.74, 6) is 1.35. The zero-order chi connectivity index (χ0) is 12.4. The number of carbonyl (C=O) groups is 1. The minimum absolute atomic E-state index is 0.0317. The van der Waals surface area contributed by atoms with Gasteiger partial charge in [0.2, 0.25) is 0 Å². The molecule has 1 heterocycles. The van der Waals surface area contributed by atoms with Gasteiger partial charge in [-0.15, -0.1) is 0 Å². The quantitative estimate of drug-likeness (QED) is 0.835. The normalized spacial score (nSPS) is 20.6. The Morgan fingerprint density at radius 2 is 2.29 bits per heavy atom. The van der Waals surface area contributed by atoms with Crippen LogP contribution in [0.4, 0.5) is 0 Å². The molecule has 1 aliphatic heterocycles. The fourth-order valence-electron chi connectivity index (χ4n) is 2.28. The highest BCUT2D eigenvalue weighted by molar-refractivity contribution is 9.10. The van der Waals surface area contributed by atoms with E-state index in [0.717, 1.165) is 23.1 Å². The molecule has 92 valence electrons. The number of carbonyl (C=O) groups excluding carboxylic acids is 1. The average Bonchev–Trinajstić information content (AvgIpc) is 2.28. The Labute approximate surface area is 110 Å². The van der Waals surface area contributed by atoms with Crippen molar-refractivity contribution in [3.05, 3.63) is 28.2 Å². The molecule has 2 atom stereocenters. The van der Waals surface area contributed by atoms with Gasteiger partial charge in [0.05, 0.1) is 5.56 Å². The van der Waals surface area contributed by atoms with E-state index in [1.54, 1.807) is 0 Å². The van der Waals surface area contributed by atoms with Crippen molar-refractivity contribution in [2.75, 3.05) is 0 Å². The van der Waals surface area contributed by atoms with Crippen molar-refractivity contribution in [1.29, 1.82) is 0 Å². The van der Waals surface area contributed by atoms with Crippen LogP contribution in [0.25, 0.3) is 0 Å². The maximum absolute atomic E-state index is 12.0. The molecule has 0 aliphatic carbocycles. The smallest absolute Gasteiger partial charge is 0.170 e. The number of fused-ring (bicyclic) bond motifs is 1. The lowest BCUT2D eigenvalue weighted by molar-refractivity contribution is 0.0740. The van der Waals surface area contributed by atoms with E-state index in [0.29, 0.717) is 17.9 Å². The highest BCUT2D eigenvalue weighted by Gasteiger charge is 2.29. The Morgan fingerprint density at radius 1 is 1.53 bits per heavy atom. The molecule has 3 heteroatoms. The molecule has 1 aliphatic rings. The molecule has 0 N–H and O–H groups in total. The Morgan fingerprint density at radius 3 is 3.00 bits per heavy atom. The summed E-state index contributed by atoms with van der Waals surface area (Å²) >= 11 is 3.41. The molecule has 1 aromatic carbocycles. The summed E-state index contributed by atoms with van der Waals surface area (Å²) in [6.45, 7) is 4.32. The van der Waals surface area contributed by atoms with Crippen LogP contribution < -0.4 is 4.74 Å². The zero-order valence-corrected chi connectivity index (χ0v) is 11.8. The van der Waals surface area contributed by atoms with Gasteiger partial charge in [0.15, 0.2) is 5.78 Å². The predicted octanol–water partition coefficient (Wildman–Crippen LogP) is 4.22. The third-order valence-corrected chi connectivity index (χ3v) is 3.78. The first kappa shape index (κ1) is 12.6. The van der Waals surface area contributed by atoms with Gasteiger partial charge in [0.1, 0.15) is 11.9 Å². The van der Waals surface area contributed by atoms with Crippen LogP contribution in [0.3, 0.4) is 0 Å². The lowest BCUT2D eigenvalue weighted by Crippen LogP contribution is -2.32. The molecule has 0 bridgehead atoms.